The second kappa shape index (κ2) is 49.0. The highest BCUT2D eigenvalue weighted by atomic mass is 79.9. The molecule has 12 aromatic rings. The smallest absolute Gasteiger partial charge is 0.335 e. The van der Waals surface area contributed by atoms with Gasteiger partial charge in [-0.05, 0) is 183 Å². The summed E-state index contributed by atoms with van der Waals surface area (Å²) in [4.78, 5) is 165. The number of aromatic nitrogens is 4. The molecule has 130 heavy (non-hydrogen) atoms. The average molecular weight is 1920 g/mol. The summed E-state index contributed by atoms with van der Waals surface area (Å²) in [7, 11) is 7.01. The zero-order valence-electron chi connectivity index (χ0n) is 85.3. The van der Waals surface area contributed by atoms with Crippen LogP contribution in [0, 0.1) is 0 Å². The van der Waals surface area contributed by atoms with Gasteiger partial charge in [0.15, 0.2) is 34.7 Å². The molecule has 31 heteroatoms. The number of Topliss-reactive ketones (excluding diaryl/α,β-unsaturated/α-hetero) is 6. The van der Waals surface area contributed by atoms with Crippen molar-refractivity contribution in [2.75, 3.05) is 54.1 Å². The first-order chi connectivity index (χ1) is 67.7. The van der Waals surface area contributed by atoms with Crippen LogP contribution in [0.3, 0.4) is 0 Å². The minimum Gasteiger partial charge on any atom is -0.495 e. The fraction of sp³-hybridized carbons (Fsp3) is 0.212. The molecule has 0 bridgehead atoms. The summed E-state index contributed by atoms with van der Waals surface area (Å²) in [6.45, 7) is 9.50. The number of carboxylic acids is 2. The highest BCUT2D eigenvalue weighted by Gasteiger charge is 2.29. The van der Waals surface area contributed by atoms with E-state index in [9.17, 15) is 72.5 Å². The first-order valence-corrected chi connectivity index (χ1v) is 41.3. The fourth-order valence-corrected chi connectivity index (χ4v) is 13.4. The third kappa shape index (κ3) is 27.9. The maximum atomic E-state index is 14.0. The molecule has 0 aliphatic rings. The summed E-state index contributed by atoms with van der Waals surface area (Å²) in [5, 5.41) is 20.2. The summed E-state index contributed by atoms with van der Waals surface area (Å²) < 4.78 is 157. The molecule has 674 valence electrons. The number of alkyl halides is 1. The number of benzene rings is 8. The molecule has 0 aliphatic carbocycles. The molecule has 0 saturated carbocycles. The Labute approximate surface area is 796 Å². The largest absolute Gasteiger partial charge is 0.495 e. The molecular formula is C99H91BrCl4N4O22. The molecule has 12 rings (SSSR count). The predicted molar refractivity (Wildman–Crippen MR) is 501 cm³/mol. The second-order valence-corrected chi connectivity index (χ2v) is 29.6. The van der Waals surface area contributed by atoms with Crippen molar-refractivity contribution < 1.29 is 111 Å². The standard InChI is InChI=1S/2C31H26ClNO6.C18H18ClNO5.C15H14ClNO3.C4H7BrO2/c2*1-19(34)24-13-12-23(32)16-25(24)26-17-30(36)33(18-29(26)39-2)27(14-20-6-4-3-5-7-20)28(35)15-21-8-10-22(11-9-21)31(37)38;1-4-25-18(23)10-20-9-16(24-3)15(8-17(20)22)14-7-12(19)5-6-13(14)11(2)21;1-9(18)11-5-4-10(16)6-12(11)13-7-15(20-3)17-8-14(13)19-2;1-2-7-4(6)3-5/h2*3-13,16-18,27H,14-15H2,1-2H3,(H,37,38);5-9H,4,10H2,1-3H3;4-8H,1-3H3;2-3H2,1H3/t2*27-;;;/m10.../s1/i2*3D,4D,5D,6D,7D,14D2;;;. The normalized spacial score (nSPS) is 12.7. The van der Waals surface area contributed by atoms with E-state index < -0.39 is 155 Å². The zero-order chi connectivity index (χ0) is 107. The molecule has 0 spiro atoms. The van der Waals surface area contributed by atoms with Gasteiger partial charge in [0.25, 0.3) is 16.7 Å². The Hall–Kier alpha value is -13.7. The molecule has 0 aliphatic heterocycles. The van der Waals surface area contributed by atoms with Gasteiger partial charge in [0.2, 0.25) is 5.88 Å². The number of ketones is 6. The van der Waals surface area contributed by atoms with Gasteiger partial charge in [0, 0.05) is 120 Å². The third-order valence-electron chi connectivity index (χ3n) is 18.6. The zero-order valence-corrected chi connectivity index (χ0v) is 75.9. The van der Waals surface area contributed by atoms with Crippen LogP contribution in [0.4, 0.5) is 0 Å². The van der Waals surface area contributed by atoms with Crippen LogP contribution in [0.15, 0.2) is 245 Å². The van der Waals surface area contributed by atoms with Gasteiger partial charge in [-0.25, -0.2) is 14.6 Å². The summed E-state index contributed by atoms with van der Waals surface area (Å²) in [6, 6.07) is 21.4. The lowest BCUT2D eigenvalue weighted by molar-refractivity contribution is -0.144. The second-order valence-electron chi connectivity index (χ2n) is 27.3. The Morgan fingerprint density at radius 2 is 0.731 bits per heavy atom. The van der Waals surface area contributed by atoms with Crippen molar-refractivity contribution >= 4 is 121 Å². The summed E-state index contributed by atoms with van der Waals surface area (Å²) in [5.74, 6) is -4.73. The Morgan fingerprint density at radius 1 is 0.408 bits per heavy atom. The quantitative estimate of drug-likeness (QED) is 0.0225. The van der Waals surface area contributed by atoms with E-state index in [-0.39, 0.29) is 119 Å². The van der Waals surface area contributed by atoms with Crippen LogP contribution in [0.25, 0.3) is 44.5 Å². The molecule has 0 amide bonds. The van der Waals surface area contributed by atoms with Crippen molar-refractivity contribution in [3.05, 3.63) is 338 Å². The molecule has 8 aromatic carbocycles. The fourth-order valence-electron chi connectivity index (χ4n) is 12.5. The van der Waals surface area contributed by atoms with E-state index in [1.807, 2.05) is 0 Å². The number of pyridine rings is 4. The van der Waals surface area contributed by atoms with Crippen molar-refractivity contribution in [1.29, 1.82) is 0 Å². The lowest BCUT2D eigenvalue weighted by Crippen LogP contribution is -2.32. The van der Waals surface area contributed by atoms with Crippen LogP contribution >= 0.6 is 62.3 Å². The van der Waals surface area contributed by atoms with Crippen LogP contribution in [0.2, 0.25) is 20.1 Å². The molecule has 2 N–H and O–H groups in total. The van der Waals surface area contributed by atoms with Gasteiger partial charge in [-0.15, -0.1) is 0 Å². The number of aromatic carboxylic acids is 2. The monoisotopic (exact) mass is 1920 g/mol. The van der Waals surface area contributed by atoms with Crippen molar-refractivity contribution in [2.45, 2.75) is 85.8 Å². The first-order valence-electron chi connectivity index (χ1n) is 45.7. The van der Waals surface area contributed by atoms with Gasteiger partial charge < -0.3 is 57.1 Å². The number of methoxy groups -OCH3 is 5. The van der Waals surface area contributed by atoms with E-state index in [0.717, 1.165) is 33.7 Å². The minimum atomic E-state index is -3.08. The molecular weight excluding hydrogens is 1820 g/mol. The van der Waals surface area contributed by atoms with Gasteiger partial charge in [-0.1, -0.05) is 147 Å². The van der Waals surface area contributed by atoms with Crippen LogP contribution in [-0.2, 0) is 60.8 Å². The van der Waals surface area contributed by atoms with Gasteiger partial charge in [0.1, 0.15) is 34.9 Å². The van der Waals surface area contributed by atoms with E-state index in [1.54, 1.807) is 69.6 Å². The summed E-state index contributed by atoms with van der Waals surface area (Å²) in [5.41, 5.74) is 0.810. The predicted octanol–water partition coefficient (Wildman–Crippen LogP) is 18.9. The van der Waals surface area contributed by atoms with Crippen LogP contribution in [-0.4, -0.2) is 142 Å². The van der Waals surface area contributed by atoms with Crippen molar-refractivity contribution in [2.24, 2.45) is 0 Å². The number of carbonyl (C=O) groups excluding carboxylic acids is 8. The molecule has 0 saturated heterocycles. The maximum absolute atomic E-state index is 14.0. The topological polar surface area (TPSA) is 355 Å². The SMILES string of the molecule is CCOC(=O)CBr.CCOC(=O)Cn1cc(OC)c(-c2cc(Cl)ccc2C(C)=O)cc1=O.COc1cc(-c2cc(Cl)ccc2C(C)=O)c(OC)cn1.[2H]c1c([2H])c([2H])c(C([2H])([2H])[C@@H](C(=O)Cc2ccc(C(=O)O)cc2)n2cc(OC)c(-c3cc(Cl)ccc3C(C)=O)cc2=O)c([2H])c1[2H].[2H]c1c([2H])c([2H])c(C([2H])([2H])[C@H](C(=O)Cc2ccc(C(=O)O)cc2)n2cc(OC)c(-c3cc(Cl)ccc3C(C)=O)cc2=O)c([2H])c1[2H]. The van der Waals surface area contributed by atoms with E-state index in [1.165, 1.54) is 158 Å². The van der Waals surface area contributed by atoms with Gasteiger partial charge in [-0.3, -0.25) is 52.7 Å². The molecule has 26 nitrogen and oxygen atoms in total. The van der Waals surface area contributed by atoms with E-state index >= 15 is 0 Å². The minimum absolute atomic E-state index is 0.0468. The average Bonchev–Trinajstić information content (AvgIpc) is 0.738. The molecule has 0 fully saturated rings. The number of carbonyl (C=O) groups is 10. The Morgan fingerprint density at radius 3 is 1.03 bits per heavy atom. The molecule has 0 unspecified atom stereocenters. The summed E-state index contributed by atoms with van der Waals surface area (Å²) >= 11 is 27.4. The lowest BCUT2D eigenvalue weighted by atomic mass is 9.95. The maximum Gasteiger partial charge on any atom is 0.335 e. The van der Waals surface area contributed by atoms with Crippen molar-refractivity contribution in [3.63, 3.8) is 0 Å². The Kier molecular flexibility index (Phi) is 30.9. The number of esters is 2. The number of rotatable bonds is 32. The number of hydrogen-bond acceptors (Lipinski definition) is 21. The highest BCUT2D eigenvalue weighted by molar-refractivity contribution is 9.09. The third-order valence-corrected chi connectivity index (χ3v) is 20.0. The van der Waals surface area contributed by atoms with Crippen molar-refractivity contribution in [3.8, 4) is 73.4 Å². The number of halogens is 5. The molecule has 0 radical (unpaired) electrons. The van der Waals surface area contributed by atoms with Gasteiger partial charge in [0.05, 0.1) is 110 Å². The highest BCUT2D eigenvalue weighted by Crippen LogP contribution is 2.40. The van der Waals surface area contributed by atoms with Gasteiger partial charge >= 0.3 is 23.9 Å². The Bertz CT molecular complexity index is 6880. The van der Waals surface area contributed by atoms with E-state index in [2.05, 4.69) is 25.7 Å². The number of carboxylic acid groups (broad SMARTS) is 2. The molecule has 2 atom stereocenters. The lowest BCUT2D eigenvalue weighted by Gasteiger charge is -2.21. The Balaban J connectivity index is 0.000000240. The summed E-state index contributed by atoms with van der Waals surface area (Å²) in [6.07, 6.45) is -2.15. The van der Waals surface area contributed by atoms with E-state index in [0.29, 0.717) is 72.7 Å². The number of ether oxygens (including phenoxy) is 7. The van der Waals surface area contributed by atoms with Crippen molar-refractivity contribution in [1.82, 2.24) is 18.7 Å². The molecule has 4 aromatic heterocycles. The van der Waals surface area contributed by atoms with Crippen LogP contribution < -0.4 is 40.4 Å². The number of hydrogen-bond donors (Lipinski definition) is 2. The number of nitrogens with zero attached hydrogens (tertiary/aromatic N) is 4. The van der Waals surface area contributed by atoms with E-state index in [4.69, 9.17) is 94.0 Å². The van der Waals surface area contributed by atoms with Gasteiger partial charge in [-0.2, -0.15) is 0 Å². The molecule has 4 heterocycles. The van der Waals surface area contributed by atoms with Crippen LogP contribution in [0.1, 0.15) is 157 Å². The van der Waals surface area contributed by atoms with Crippen LogP contribution in [0.5, 0.6) is 28.9 Å². The first kappa shape index (κ1) is 82.0.